The summed E-state index contributed by atoms with van der Waals surface area (Å²) < 4.78 is 71.0. The molecule has 1 unspecified atom stereocenters. The number of nitrogens with zero attached hydrogens (tertiary/aromatic N) is 4. The number of carbonyl (C=O) groups is 2. The number of rotatable bonds is 12. The molecular formula is C35H28F2N6O7S. The summed E-state index contributed by atoms with van der Waals surface area (Å²) in [7, 11) is -1.26. The standard InChI is InChI=1S/C35H28F2N6O7S/c1-49-30-4-3-5-31(50-2)32(30)25-11-6-20(24-12-13-38-17-26(24)25)14-29(35(45)46)41-34(44)33-27(36)15-21(16-28(33)37)42-51(47,48)23-9-7-22(8-10-23)43-19-39-18-40-43/h3-13,15-19,29,42H,14H2,1-2H3,(H,41,44)(H,45,46). The van der Waals surface area contributed by atoms with E-state index in [1.165, 1.54) is 62.0 Å². The van der Waals surface area contributed by atoms with Gasteiger partial charge in [-0.25, -0.2) is 31.7 Å². The van der Waals surface area contributed by atoms with Crippen molar-refractivity contribution >= 4 is 38.4 Å². The highest BCUT2D eigenvalue weighted by molar-refractivity contribution is 7.92. The zero-order valence-electron chi connectivity index (χ0n) is 26.9. The Balaban J connectivity index is 1.23. The number of methoxy groups -OCH3 is 2. The third-order valence-corrected chi connectivity index (χ3v) is 9.38. The highest BCUT2D eigenvalue weighted by Gasteiger charge is 2.27. The number of fused-ring (bicyclic) bond motifs is 1. The fourth-order valence-electron chi connectivity index (χ4n) is 5.60. The Kier molecular flexibility index (Phi) is 9.59. The monoisotopic (exact) mass is 714 g/mol. The van der Waals surface area contributed by atoms with E-state index in [0.29, 0.717) is 56.8 Å². The van der Waals surface area contributed by atoms with Crippen molar-refractivity contribution in [2.45, 2.75) is 17.4 Å². The van der Waals surface area contributed by atoms with E-state index >= 15 is 8.78 Å². The molecule has 0 bridgehead atoms. The molecule has 3 N–H and O–H groups in total. The van der Waals surface area contributed by atoms with Crippen LogP contribution in [0.2, 0.25) is 0 Å². The normalized spacial score (nSPS) is 11.9. The van der Waals surface area contributed by atoms with E-state index in [2.05, 4.69) is 25.1 Å². The van der Waals surface area contributed by atoms with Crippen molar-refractivity contribution in [3.63, 3.8) is 0 Å². The van der Waals surface area contributed by atoms with Gasteiger partial charge in [-0.1, -0.05) is 18.2 Å². The zero-order valence-corrected chi connectivity index (χ0v) is 27.7. The molecule has 16 heteroatoms. The number of carbonyl (C=O) groups excluding carboxylic acids is 1. The molecule has 0 saturated carbocycles. The third-order valence-electron chi connectivity index (χ3n) is 7.98. The van der Waals surface area contributed by atoms with Crippen LogP contribution in [-0.4, -0.2) is 65.4 Å². The molecule has 6 aromatic rings. The van der Waals surface area contributed by atoms with Crippen LogP contribution in [0, 0.1) is 11.6 Å². The van der Waals surface area contributed by atoms with Gasteiger partial charge in [0.05, 0.1) is 36.1 Å². The summed E-state index contributed by atoms with van der Waals surface area (Å²) in [6, 6.07) is 15.5. The number of halogens is 2. The van der Waals surface area contributed by atoms with E-state index in [9.17, 15) is 23.1 Å². The van der Waals surface area contributed by atoms with Crippen molar-refractivity contribution in [1.29, 1.82) is 0 Å². The quantitative estimate of drug-likeness (QED) is 0.156. The average Bonchev–Trinajstić information content (AvgIpc) is 3.66. The summed E-state index contributed by atoms with van der Waals surface area (Å²) in [4.78, 5) is 33.3. The minimum Gasteiger partial charge on any atom is -0.496 e. The number of amides is 1. The molecule has 13 nitrogen and oxygen atoms in total. The number of benzene rings is 4. The van der Waals surface area contributed by atoms with Crippen LogP contribution < -0.4 is 19.5 Å². The van der Waals surface area contributed by atoms with Crippen LogP contribution in [0.25, 0.3) is 27.6 Å². The number of hydrogen-bond donors (Lipinski definition) is 3. The minimum atomic E-state index is -4.30. The summed E-state index contributed by atoms with van der Waals surface area (Å²) >= 11 is 0. The Bertz CT molecular complexity index is 2330. The first-order valence-electron chi connectivity index (χ1n) is 15.1. The third kappa shape index (κ3) is 7.02. The van der Waals surface area contributed by atoms with Crippen LogP contribution in [0.5, 0.6) is 11.5 Å². The van der Waals surface area contributed by atoms with Crippen LogP contribution in [0.1, 0.15) is 15.9 Å². The number of aromatic nitrogens is 4. The Labute approximate surface area is 289 Å². The van der Waals surface area contributed by atoms with Gasteiger partial charge in [0, 0.05) is 24.2 Å². The highest BCUT2D eigenvalue weighted by atomic mass is 32.2. The lowest BCUT2D eigenvalue weighted by Crippen LogP contribution is -2.43. The number of hydrogen-bond acceptors (Lipinski definition) is 9. The van der Waals surface area contributed by atoms with Crippen molar-refractivity contribution in [1.82, 2.24) is 25.1 Å². The molecule has 2 aromatic heterocycles. The smallest absolute Gasteiger partial charge is 0.326 e. The van der Waals surface area contributed by atoms with Crippen molar-refractivity contribution in [2.24, 2.45) is 0 Å². The lowest BCUT2D eigenvalue weighted by molar-refractivity contribution is -0.139. The van der Waals surface area contributed by atoms with Gasteiger partial charge in [0.25, 0.3) is 15.9 Å². The molecule has 0 fully saturated rings. The minimum absolute atomic E-state index is 0.211. The van der Waals surface area contributed by atoms with Crippen LogP contribution in [0.3, 0.4) is 0 Å². The Morgan fingerprint density at radius 1 is 0.922 bits per heavy atom. The maximum Gasteiger partial charge on any atom is 0.326 e. The first-order chi connectivity index (χ1) is 24.5. The predicted octanol–water partition coefficient (Wildman–Crippen LogP) is 5.00. The largest absolute Gasteiger partial charge is 0.496 e. The predicted molar refractivity (Wildman–Crippen MR) is 181 cm³/mol. The number of carboxylic acids is 1. The molecule has 0 aliphatic heterocycles. The van der Waals surface area contributed by atoms with Gasteiger partial charge in [0.1, 0.15) is 47.4 Å². The number of aliphatic carboxylic acids is 1. The molecular weight excluding hydrogens is 686 g/mol. The van der Waals surface area contributed by atoms with Gasteiger partial charge >= 0.3 is 5.97 Å². The van der Waals surface area contributed by atoms with Crippen molar-refractivity contribution < 1.29 is 41.4 Å². The van der Waals surface area contributed by atoms with Crippen LogP contribution in [-0.2, 0) is 21.2 Å². The average molecular weight is 715 g/mol. The molecule has 0 radical (unpaired) electrons. The van der Waals surface area contributed by atoms with Crippen molar-refractivity contribution in [2.75, 3.05) is 18.9 Å². The van der Waals surface area contributed by atoms with E-state index in [4.69, 9.17) is 9.47 Å². The molecule has 0 spiro atoms. The van der Waals surface area contributed by atoms with Crippen LogP contribution in [0.15, 0.2) is 103 Å². The Morgan fingerprint density at radius 2 is 1.61 bits per heavy atom. The second kappa shape index (κ2) is 14.2. The van der Waals surface area contributed by atoms with E-state index in [-0.39, 0.29) is 11.3 Å². The molecule has 51 heavy (non-hydrogen) atoms. The van der Waals surface area contributed by atoms with E-state index < -0.39 is 50.8 Å². The van der Waals surface area contributed by atoms with Gasteiger partial charge in [-0.15, -0.1) is 0 Å². The fourth-order valence-corrected chi connectivity index (χ4v) is 6.64. The number of ether oxygens (including phenoxy) is 2. The molecule has 2 heterocycles. The maximum atomic E-state index is 15.2. The van der Waals surface area contributed by atoms with Gasteiger partial charge < -0.3 is 19.9 Å². The van der Waals surface area contributed by atoms with Crippen LogP contribution in [0.4, 0.5) is 14.5 Å². The lowest BCUT2D eigenvalue weighted by Gasteiger charge is -2.19. The fraction of sp³-hybridized carbons (Fsp3) is 0.114. The van der Waals surface area contributed by atoms with Crippen molar-refractivity contribution in [3.05, 3.63) is 121 Å². The highest BCUT2D eigenvalue weighted by Crippen LogP contribution is 2.42. The van der Waals surface area contributed by atoms with E-state index in [1.54, 1.807) is 42.6 Å². The zero-order chi connectivity index (χ0) is 36.3. The van der Waals surface area contributed by atoms with Crippen molar-refractivity contribution in [3.8, 4) is 28.3 Å². The number of pyridine rings is 1. The topological polar surface area (TPSA) is 175 Å². The van der Waals surface area contributed by atoms with E-state index in [0.717, 1.165) is 0 Å². The first-order valence-corrected chi connectivity index (χ1v) is 16.6. The van der Waals surface area contributed by atoms with Crippen LogP contribution >= 0.6 is 0 Å². The number of nitrogens with one attached hydrogen (secondary N) is 2. The number of anilines is 1. The van der Waals surface area contributed by atoms with E-state index in [1.807, 2.05) is 0 Å². The van der Waals surface area contributed by atoms with Gasteiger partial charge in [0.2, 0.25) is 0 Å². The number of sulfonamides is 1. The van der Waals surface area contributed by atoms with Gasteiger partial charge in [0.15, 0.2) is 0 Å². The molecule has 4 aromatic carbocycles. The van der Waals surface area contributed by atoms with Gasteiger partial charge in [-0.2, -0.15) is 5.10 Å². The lowest BCUT2D eigenvalue weighted by atomic mass is 9.92. The maximum absolute atomic E-state index is 15.2. The van der Waals surface area contributed by atoms with Gasteiger partial charge in [-0.05, 0) is 71.1 Å². The molecule has 1 atom stereocenters. The second-order valence-corrected chi connectivity index (χ2v) is 12.7. The summed E-state index contributed by atoms with van der Waals surface area (Å²) in [6.45, 7) is 0. The summed E-state index contributed by atoms with van der Waals surface area (Å²) in [5.74, 6) is -4.57. The molecule has 0 aliphatic carbocycles. The SMILES string of the molecule is COc1cccc(OC)c1-c1ccc(CC(NC(=O)c2c(F)cc(NS(=O)(=O)c3ccc(-n4cncn4)cc3)cc2F)C(=O)O)c2ccncc12. The Morgan fingerprint density at radius 3 is 2.22 bits per heavy atom. The molecule has 1 amide bonds. The van der Waals surface area contributed by atoms with Gasteiger partial charge in [-0.3, -0.25) is 14.5 Å². The Hall–Kier alpha value is -6.42. The number of carboxylic acid groups (broad SMARTS) is 1. The summed E-state index contributed by atoms with van der Waals surface area (Å²) in [5.41, 5.74) is 0.772. The molecule has 0 saturated heterocycles. The summed E-state index contributed by atoms with van der Waals surface area (Å²) in [6.07, 6.45) is 5.59. The second-order valence-electron chi connectivity index (χ2n) is 11.1. The molecule has 260 valence electrons. The molecule has 0 aliphatic rings. The first kappa shape index (κ1) is 34.4. The summed E-state index contributed by atoms with van der Waals surface area (Å²) in [5, 5.41) is 17.4. The molecule has 6 rings (SSSR count).